The fourth-order valence-corrected chi connectivity index (χ4v) is 7.43. The topological polar surface area (TPSA) is 97.8 Å². The van der Waals surface area contributed by atoms with E-state index in [9.17, 15) is 14.4 Å². The number of nitrogens with zero attached hydrogens (tertiary/aromatic N) is 2. The molecule has 4 rings (SSSR count). The first-order valence-corrected chi connectivity index (χ1v) is 13.7. The number of nitrogens with one attached hydrogen (secondary N) is 1. The first-order valence-electron chi connectivity index (χ1n) is 10.3. The highest BCUT2D eigenvalue weighted by Gasteiger charge is 2.52. The summed E-state index contributed by atoms with van der Waals surface area (Å²) in [5.74, 6) is -0.198. The van der Waals surface area contributed by atoms with Crippen LogP contribution in [-0.2, 0) is 19.1 Å². The summed E-state index contributed by atoms with van der Waals surface area (Å²) in [6, 6.07) is 15.7. The number of thiazole rings is 1. The summed E-state index contributed by atoms with van der Waals surface area (Å²) in [5.41, 5.74) is 0.810. The number of amides is 2. The second-order valence-corrected chi connectivity index (χ2v) is 11.2. The Bertz CT molecular complexity index is 1250. The van der Waals surface area contributed by atoms with Crippen LogP contribution in [-0.4, -0.2) is 52.1 Å². The van der Waals surface area contributed by atoms with Crippen molar-refractivity contribution in [3.05, 3.63) is 66.1 Å². The number of ether oxygens (including phenoxy) is 2. The second-order valence-electron chi connectivity index (χ2n) is 7.26. The van der Waals surface area contributed by atoms with Gasteiger partial charge in [0.25, 0.3) is 17.1 Å². The first kappa shape index (κ1) is 25.4. The van der Waals surface area contributed by atoms with Crippen molar-refractivity contribution in [3.63, 3.8) is 0 Å². The number of methoxy groups -OCH3 is 1. The predicted octanol–water partition coefficient (Wildman–Crippen LogP) is 4.41. The molecular formula is C23H20ClN3O5S3. The quantitative estimate of drug-likeness (QED) is 0.131. The van der Waals surface area contributed by atoms with Gasteiger partial charge in [-0.3, -0.25) is 19.3 Å². The maximum Gasteiger partial charge on any atom is 0.272 e. The van der Waals surface area contributed by atoms with E-state index in [-0.39, 0.29) is 18.1 Å². The van der Waals surface area contributed by atoms with Crippen LogP contribution in [0, 0.1) is 0 Å². The first-order chi connectivity index (χ1) is 16.9. The minimum Gasteiger partial charge on any atom is -0.499 e. The van der Waals surface area contributed by atoms with E-state index in [1.54, 1.807) is 31.2 Å². The molecule has 2 amide bonds. The van der Waals surface area contributed by atoms with Gasteiger partial charge in [0.15, 0.2) is 10.9 Å². The molecule has 8 nitrogen and oxygen atoms in total. The summed E-state index contributed by atoms with van der Waals surface area (Å²) >= 11 is 7.31. The van der Waals surface area contributed by atoms with E-state index in [2.05, 4.69) is 10.3 Å². The van der Waals surface area contributed by atoms with Crippen molar-refractivity contribution in [1.29, 1.82) is 0 Å². The smallest absolute Gasteiger partial charge is 0.272 e. The summed E-state index contributed by atoms with van der Waals surface area (Å²) in [5, 5.41) is 1.26. The molecule has 1 aromatic heterocycles. The number of hydrogen-bond donors (Lipinski definition) is 1. The van der Waals surface area contributed by atoms with Gasteiger partial charge in [-0.1, -0.05) is 41.1 Å². The molecule has 0 saturated carbocycles. The van der Waals surface area contributed by atoms with Crippen LogP contribution < -0.4 is 10.1 Å². The molecule has 1 N–H and O–H groups in total. The summed E-state index contributed by atoms with van der Waals surface area (Å²) in [6.45, 7) is 1.29. The van der Waals surface area contributed by atoms with Gasteiger partial charge in [0, 0.05) is 0 Å². The maximum atomic E-state index is 13.0. The number of hydrogen-bond acceptors (Lipinski definition) is 9. The van der Waals surface area contributed by atoms with E-state index in [1.807, 2.05) is 30.3 Å². The molecule has 1 aliphatic rings. The van der Waals surface area contributed by atoms with E-state index < -0.39 is 28.5 Å². The number of halogens is 1. The lowest BCUT2D eigenvalue weighted by Crippen LogP contribution is -2.69. The summed E-state index contributed by atoms with van der Waals surface area (Å²) < 4.78 is 12.5. The van der Waals surface area contributed by atoms with E-state index in [1.165, 1.54) is 44.9 Å². The Morgan fingerprint density at radius 1 is 1.17 bits per heavy atom. The fraction of sp³-hybridized carbons (Fsp3) is 0.217. The van der Waals surface area contributed by atoms with Crippen LogP contribution in [0.1, 0.15) is 6.92 Å². The van der Waals surface area contributed by atoms with Crippen molar-refractivity contribution >= 4 is 71.8 Å². The lowest BCUT2D eigenvalue weighted by atomic mass is 10.1. The number of aromatic nitrogens is 1. The minimum absolute atomic E-state index is 0.0624. The van der Waals surface area contributed by atoms with Crippen LogP contribution >= 0.6 is 44.5 Å². The van der Waals surface area contributed by atoms with Gasteiger partial charge in [-0.2, -0.15) is 0 Å². The van der Waals surface area contributed by atoms with Crippen LogP contribution in [0.2, 0.25) is 0 Å². The van der Waals surface area contributed by atoms with Crippen LogP contribution in [0.25, 0.3) is 10.2 Å². The maximum absolute atomic E-state index is 13.0. The highest BCUT2D eigenvalue weighted by molar-refractivity contribution is 8.77. The molecule has 1 saturated heterocycles. The van der Waals surface area contributed by atoms with Crippen molar-refractivity contribution in [2.45, 2.75) is 22.7 Å². The van der Waals surface area contributed by atoms with Gasteiger partial charge in [0.2, 0.25) is 0 Å². The summed E-state index contributed by atoms with van der Waals surface area (Å²) in [7, 11) is 4.04. The molecule has 2 unspecified atom stereocenters. The Hall–Kier alpha value is -2.73. The number of carbonyl (C=O) groups is 3. The predicted molar refractivity (Wildman–Crippen MR) is 138 cm³/mol. The Balaban J connectivity index is 1.50. The molecule has 182 valence electrons. The third kappa shape index (κ3) is 5.75. The van der Waals surface area contributed by atoms with E-state index in [0.717, 1.165) is 14.6 Å². The van der Waals surface area contributed by atoms with Gasteiger partial charge in [0.05, 0.1) is 17.3 Å². The molecular weight excluding hydrogens is 530 g/mol. The zero-order valence-electron chi connectivity index (χ0n) is 18.6. The molecule has 0 aliphatic carbocycles. The highest BCUT2D eigenvalue weighted by atomic mass is 35.5. The lowest BCUT2D eigenvalue weighted by molar-refractivity contribution is -0.147. The Labute approximate surface area is 218 Å². The SMILES string of the molecule is CO/C(C)=C(\C(=O)Cl)N1C(=O)C(NC(=O)COc2ccccc2)C1SSc1nc2ccccc2s1. The molecule has 2 atom stereocenters. The van der Waals surface area contributed by atoms with Crippen molar-refractivity contribution < 1.29 is 23.9 Å². The third-order valence-corrected chi connectivity index (χ3v) is 9.22. The normalized spacial score (nSPS) is 18.0. The molecule has 0 spiro atoms. The molecule has 2 heterocycles. The number of β-lactam (4-membered cyclic amide) rings is 1. The number of benzene rings is 2. The molecule has 0 bridgehead atoms. The van der Waals surface area contributed by atoms with Crippen molar-refractivity contribution in [2.75, 3.05) is 13.7 Å². The summed E-state index contributed by atoms with van der Waals surface area (Å²) in [4.78, 5) is 43.6. The molecule has 1 aliphatic heterocycles. The molecule has 0 radical (unpaired) electrons. The molecule has 2 aromatic carbocycles. The van der Waals surface area contributed by atoms with Gasteiger partial charge >= 0.3 is 0 Å². The second kappa shape index (κ2) is 11.3. The zero-order valence-corrected chi connectivity index (χ0v) is 21.8. The van der Waals surface area contributed by atoms with Crippen LogP contribution in [0.3, 0.4) is 0 Å². The summed E-state index contributed by atoms with van der Waals surface area (Å²) in [6.07, 6.45) is 0. The highest BCUT2D eigenvalue weighted by Crippen LogP contribution is 2.45. The molecule has 1 fully saturated rings. The van der Waals surface area contributed by atoms with E-state index >= 15 is 0 Å². The standard InChI is InChI=1S/C23H20ClN3O5S3/c1-13(31-2)19(20(24)29)27-21(30)18(26-17(28)12-32-14-8-4-3-5-9-14)22(27)34-35-23-25-15-10-6-7-11-16(15)33-23/h3-11,18,22H,12H2,1-2H3,(H,26,28)/b19-13+. The monoisotopic (exact) mass is 549 g/mol. The van der Waals surface area contributed by atoms with E-state index in [4.69, 9.17) is 21.1 Å². The van der Waals surface area contributed by atoms with Crippen molar-refractivity contribution in [3.8, 4) is 5.75 Å². The van der Waals surface area contributed by atoms with Gasteiger partial charge < -0.3 is 14.8 Å². The van der Waals surface area contributed by atoms with E-state index in [0.29, 0.717) is 5.75 Å². The fourth-order valence-electron chi connectivity index (χ4n) is 3.29. The molecule has 3 aromatic rings. The van der Waals surface area contributed by atoms with Crippen LogP contribution in [0.15, 0.2) is 70.4 Å². The van der Waals surface area contributed by atoms with Crippen LogP contribution in [0.4, 0.5) is 0 Å². The Morgan fingerprint density at radius 3 is 2.57 bits per heavy atom. The number of para-hydroxylation sites is 2. The number of fused-ring (bicyclic) bond motifs is 1. The number of likely N-dealkylation sites (tertiary alicyclic amines) is 1. The van der Waals surface area contributed by atoms with Gasteiger partial charge in [-0.05, 0) is 53.6 Å². The van der Waals surface area contributed by atoms with Crippen molar-refractivity contribution in [1.82, 2.24) is 15.2 Å². The number of carbonyl (C=O) groups excluding carboxylic acids is 3. The van der Waals surface area contributed by atoms with Crippen molar-refractivity contribution in [2.24, 2.45) is 0 Å². The molecule has 35 heavy (non-hydrogen) atoms. The van der Waals surface area contributed by atoms with Gasteiger partial charge in [-0.25, -0.2) is 4.98 Å². The average molecular weight is 550 g/mol. The third-order valence-electron chi connectivity index (χ3n) is 5.03. The Morgan fingerprint density at radius 2 is 1.89 bits per heavy atom. The Kier molecular flexibility index (Phi) is 8.22. The van der Waals surface area contributed by atoms with Gasteiger partial charge in [-0.15, -0.1) is 11.3 Å². The largest absolute Gasteiger partial charge is 0.499 e. The zero-order chi connectivity index (χ0) is 24.9. The average Bonchev–Trinajstić information content (AvgIpc) is 3.28. The lowest BCUT2D eigenvalue weighted by Gasteiger charge is -2.46. The number of allylic oxidation sites excluding steroid dienone is 2. The van der Waals surface area contributed by atoms with Crippen LogP contribution in [0.5, 0.6) is 5.75 Å². The number of rotatable bonds is 10. The minimum atomic E-state index is -0.885. The van der Waals surface area contributed by atoms with Gasteiger partial charge in [0.1, 0.15) is 28.6 Å². The molecule has 12 heteroatoms.